The fourth-order valence-electron chi connectivity index (χ4n) is 3.43. The molecule has 0 heterocycles. The summed E-state index contributed by atoms with van der Waals surface area (Å²) in [4.78, 5) is 0. The summed E-state index contributed by atoms with van der Waals surface area (Å²) in [7, 11) is -2.54. The van der Waals surface area contributed by atoms with E-state index in [-0.39, 0.29) is 0 Å². The summed E-state index contributed by atoms with van der Waals surface area (Å²) in [6.45, 7) is 18.7. The predicted octanol–water partition coefficient (Wildman–Crippen LogP) is 7.76. The molecule has 0 atom stereocenters. The lowest BCUT2D eigenvalue weighted by atomic mass is 10.0. The van der Waals surface area contributed by atoms with Crippen LogP contribution in [0.2, 0.25) is 36.3 Å². The van der Waals surface area contributed by atoms with Crippen molar-refractivity contribution < 1.29 is 0 Å². The van der Waals surface area contributed by atoms with Gasteiger partial charge in [0.15, 0.2) is 0 Å². The van der Waals surface area contributed by atoms with E-state index in [2.05, 4.69) is 78.6 Å². The molecule has 0 aromatic heterocycles. The SMILES string of the molecule is CC/C(C#C[Si](CC)(CC)CC)=C(\C=C\[Si](CC)(CC)CC)CC. The molecule has 0 saturated carbocycles. The van der Waals surface area contributed by atoms with Gasteiger partial charge in [-0.3, -0.25) is 0 Å². The second-order valence-corrected chi connectivity index (χ2v) is 17.2. The van der Waals surface area contributed by atoms with Crippen molar-refractivity contribution in [2.45, 2.75) is 104 Å². The molecule has 0 aliphatic heterocycles. The van der Waals surface area contributed by atoms with Gasteiger partial charge in [-0.1, -0.05) is 91.2 Å². The van der Waals surface area contributed by atoms with Crippen molar-refractivity contribution in [2.75, 3.05) is 0 Å². The summed E-state index contributed by atoms with van der Waals surface area (Å²) in [6.07, 6.45) is 4.64. The second-order valence-electron chi connectivity index (χ2n) is 7.06. The molecule has 0 saturated heterocycles. The Kier molecular flexibility index (Phi) is 11.7. The van der Waals surface area contributed by atoms with Crippen LogP contribution in [0.1, 0.15) is 68.2 Å². The molecule has 0 nitrogen and oxygen atoms in total. The number of rotatable bonds is 10. The minimum Gasteiger partial charge on any atom is -0.126 e. The average Bonchev–Trinajstić information content (AvgIpc) is 2.65. The van der Waals surface area contributed by atoms with Gasteiger partial charge in [-0.05, 0) is 36.5 Å². The maximum atomic E-state index is 3.80. The van der Waals surface area contributed by atoms with Gasteiger partial charge in [0, 0.05) is 5.57 Å². The van der Waals surface area contributed by atoms with Crippen LogP contribution in [0.25, 0.3) is 0 Å². The van der Waals surface area contributed by atoms with E-state index in [9.17, 15) is 0 Å². The smallest absolute Gasteiger partial charge is 0.126 e. The first-order chi connectivity index (χ1) is 11.5. The van der Waals surface area contributed by atoms with Crippen LogP contribution in [0.5, 0.6) is 0 Å². The molecule has 0 unspecified atom stereocenters. The van der Waals surface area contributed by atoms with E-state index >= 15 is 0 Å². The van der Waals surface area contributed by atoms with E-state index in [4.69, 9.17) is 0 Å². The second kappa shape index (κ2) is 11.9. The zero-order valence-corrected chi connectivity index (χ0v) is 19.8. The first kappa shape index (κ1) is 23.5. The van der Waals surface area contributed by atoms with Crippen molar-refractivity contribution in [3.8, 4) is 11.5 Å². The Hall–Kier alpha value is -0.526. The van der Waals surface area contributed by atoms with Crippen molar-refractivity contribution in [3.63, 3.8) is 0 Å². The van der Waals surface area contributed by atoms with Crippen LogP contribution in [-0.2, 0) is 0 Å². The standard InChI is InChI=1S/C22H42Si2/c1-9-21(17-19-23(11-3,12-4)13-5)22(10-2)18-20-24(14-6,15-7)16-8/h17,19H,9-16H2,1-8H3/b19-17+,22-21+. The molecule has 0 aromatic rings. The highest BCUT2D eigenvalue weighted by Crippen LogP contribution is 2.24. The summed E-state index contributed by atoms with van der Waals surface area (Å²) in [6, 6.07) is 7.95. The van der Waals surface area contributed by atoms with E-state index in [1.165, 1.54) is 47.4 Å². The summed E-state index contributed by atoms with van der Waals surface area (Å²) in [5.41, 5.74) is 9.30. The fraction of sp³-hybridized carbons (Fsp3) is 0.727. The number of hydrogen-bond donors (Lipinski definition) is 0. The van der Waals surface area contributed by atoms with Crippen LogP contribution in [0, 0.1) is 11.5 Å². The maximum Gasteiger partial charge on any atom is 0.138 e. The lowest BCUT2D eigenvalue weighted by Crippen LogP contribution is -2.29. The van der Waals surface area contributed by atoms with Gasteiger partial charge in [0.2, 0.25) is 0 Å². The van der Waals surface area contributed by atoms with Gasteiger partial charge in [0.25, 0.3) is 0 Å². The van der Waals surface area contributed by atoms with E-state index in [0.29, 0.717) is 0 Å². The van der Waals surface area contributed by atoms with Crippen molar-refractivity contribution in [2.24, 2.45) is 0 Å². The topological polar surface area (TPSA) is 0 Å². The van der Waals surface area contributed by atoms with Gasteiger partial charge in [-0.15, -0.1) is 5.54 Å². The third-order valence-electron chi connectivity index (χ3n) is 6.38. The number of allylic oxidation sites excluding steroid dienone is 3. The molecular formula is C22H42Si2. The summed E-state index contributed by atoms with van der Waals surface area (Å²) in [5.74, 6) is 3.66. The zero-order valence-electron chi connectivity index (χ0n) is 17.8. The van der Waals surface area contributed by atoms with Crippen LogP contribution in [0.3, 0.4) is 0 Å². The Labute approximate surface area is 155 Å². The van der Waals surface area contributed by atoms with Crippen molar-refractivity contribution in [1.82, 2.24) is 0 Å². The molecule has 0 fully saturated rings. The molecule has 0 N–H and O–H groups in total. The third kappa shape index (κ3) is 6.41. The van der Waals surface area contributed by atoms with E-state index in [0.717, 1.165) is 12.8 Å². The van der Waals surface area contributed by atoms with E-state index in [1.54, 1.807) is 0 Å². The molecule has 0 rings (SSSR count). The largest absolute Gasteiger partial charge is 0.138 e. The van der Waals surface area contributed by atoms with E-state index in [1.807, 2.05) is 0 Å². The van der Waals surface area contributed by atoms with Crippen LogP contribution in [0.4, 0.5) is 0 Å². The Morgan fingerprint density at radius 1 is 0.708 bits per heavy atom. The first-order valence-corrected chi connectivity index (χ1v) is 15.7. The van der Waals surface area contributed by atoms with Crippen LogP contribution in [-0.4, -0.2) is 16.1 Å². The Bertz CT molecular complexity index is 449. The van der Waals surface area contributed by atoms with Gasteiger partial charge in [-0.25, -0.2) is 0 Å². The van der Waals surface area contributed by atoms with Crippen LogP contribution in [0.15, 0.2) is 22.9 Å². The highest BCUT2D eigenvalue weighted by Gasteiger charge is 2.24. The Morgan fingerprint density at radius 3 is 1.54 bits per heavy atom. The van der Waals surface area contributed by atoms with Crippen molar-refractivity contribution >= 4 is 16.1 Å². The molecule has 138 valence electrons. The molecule has 0 radical (unpaired) electrons. The predicted molar refractivity (Wildman–Crippen MR) is 119 cm³/mol. The van der Waals surface area contributed by atoms with Crippen LogP contribution < -0.4 is 0 Å². The molecule has 0 aliphatic carbocycles. The Balaban J connectivity index is 5.77. The summed E-state index contributed by atoms with van der Waals surface area (Å²) < 4.78 is 0. The molecule has 0 aliphatic rings. The number of hydrogen-bond acceptors (Lipinski definition) is 0. The lowest BCUT2D eigenvalue weighted by molar-refractivity contribution is 1.06. The highest BCUT2D eigenvalue weighted by atomic mass is 28.3. The third-order valence-corrected chi connectivity index (χ3v) is 16.2. The normalized spacial score (nSPS) is 13.7. The van der Waals surface area contributed by atoms with Gasteiger partial charge in [0.05, 0.1) is 8.07 Å². The summed E-state index contributed by atoms with van der Waals surface area (Å²) in [5, 5.41) is 0. The monoisotopic (exact) mass is 362 g/mol. The molecule has 0 aromatic carbocycles. The quantitative estimate of drug-likeness (QED) is 0.211. The zero-order chi connectivity index (χ0) is 18.6. The highest BCUT2D eigenvalue weighted by molar-refractivity contribution is 6.87. The van der Waals surface area contributed by atoms with Gasteiger partial charge in [-0.2, -0.15) is 0 Å². The van der Waals surface area contributed by atoms with Crippen LogP contribution >= 0.6 is 0 Å². The lowest BCUT2D eigenvalue weighted by Gasteiger charge is -2.24. The molecular weight excluding hydrogens is 320 g/mol. The van der Waals surface area contributed by atoms with Gasteiger partial charge >= 0.3 is 0 Å². The maximum absolute atomic E-state index is 3.80. The Morgan fingerprint density at radius 2 is 1.21 bits per heavy atom. The molecule has 0 bridgehead atoms. The fourth-order valence-corrected chi connectivity index (χ4v) is 8.64. The van der Waals surface area contributed by atoms with Crippen molar-refractivity contribution in [1.29, 1.82) is 0 Å². The summed E-state index contributed by atoms with van der Waals surface area (Å²) >= 11 is 0. The molecule has 0 amide bonds. The molecule has 24 heavy (non-hydrogen) atoms. The van der Waals surface area contributed by atoms with E-state index < -0.39 is 16.1 Å². The minimum atomic E-state index is -1.35. The first-order valence-electron chi connectivity index (χ1n) is 10.4. The average molecular weight is 363 g/mol. The van der Waals surface area contributed by atoms with Crippen molar-refractivity contribution in [3.05, 3.63) is 22.9 Å². The van der Waals surface area contributed by atoms with Gasteiger partial charge in [0.1, 0.15) is 8.07 Å². The minimum absolute atomic E-state index is 1.07. The van der Waals surface area contributed by atoms with Gasteiger partial charge < -0.3 is 0 Å². The molecule has 2 heteroatoms. The molecule has 0 spiro atoms.